The largest absolute Gasteiger partial charge is 0.416 e. The van der Waals surface area contributed by atoms with E-state index < -0.39 is 11.7 Å². The minimum atomic E-state index is -4.39. The van der Waals surface area contributed by atoms with Crippen molar-refractivity contribution in [1.29, 1.82) is 0 Å². The summed E-state index contributed by atoms with van der Waals surface area (Å²) in [5, 5.41) is 0.996. The number of anilines is 1. The van der Waals surface area contributed by atoms with Gasteiger partial charge in [-0.1, -0.05) is 36.4 Å². The molecule has 1 amide bonds. The molecule has 0 bridgehead atoms. The van der Waals surface area contributed by atoms with Gasteiger partial charge < -0.3 is 14.4 Å². The minimum Gasteiger partial charge on any atom is -0.368 e. The molecule has 4 nitrogen and oxygen atoms in total. The van der Waals surface area contributed by atoms with E-state index in [0.717, 1.165) is 34.2 Å². The summed E-state index contributed by atoms with van der Waals surface area (Å²) in [5.74, 6) is -0.293. The number of amides is 1. The zero-order chi connectivity index (χ0) is 25.3. The van der Waals surface area contributed by atoms with Crippen LogP contribution >= 0.6 is 0 Å². The van der Waals surface area contributed by atoms with Crippen LogP contribution in [0.1, 0.15) is 16.7 Å². The van der Waals surface area contributed by atoms with E-state index in [1.807, 2.05) is 35.4 Å². The normalized spacial score (nSPS) is 14.4. The maximum atomic E-state index is 13.3. The summed E-state index contributed by atoms with van der Waals surface area (Å²) in [7, 11) is 0. The third-order valence-corrected chi connectivity index (χ3v) is 6.65. The first kappa shape index (κ1) is 23.9. The summed E-state index contributed by atoms with van der Waals surface area (Å²) in [6.45, 7) is 2.40. The Morgan fingerprint density at radius 2 is 1.58 bits per heavy atom. The van der Waals surface area contributed by atoms with Crippen molar-refractivity contribution in [3.8, 4) is 0 Å². The lowest BCUT2D eigenvalue weighted by Crippen LogP contribution is -2.49. The molecular formula is C28H25F4N3O. The van der Waals surface area contributed by atoms with Crippen LogP contribution in [0.25, 0.3) is 10.9 Å². The van der Waals surface area contributed by atoms with Crippen LogP contribution in [-0.4, -0.2) is 41.6 Å². The number of halogens is 4. The lowest BCUT2D eigenvalue weighted by Gasteiger charge is -2.36. The van der Waals surface area contributed by atoms with Crippen LogP contribution < -0.4 is 4.90 Å². The smallest absolute Gasteiger partial charge is 0.368 e. The Morgan fingerprint density at radius 1 is 0.861 bits per heavy atom. The Balaban J connectivity index is 1.27. The highest BCUT2D eigenvalue weighted by Gasteiger charge is 2.31. The number of alkyl halides is 3. The number of hydrogen-bond acceptors (Lipinski definition) is 2. The van der Waals surface area contributed by atoms with Crippen molar-refractivity contribution in [2.45, 2.75) is 19.1 Å². The van der Waals surface area contributed by atoms with Gasteiger partial charge in [0, 0.05) is 55.5 Å². The summed E-state index contributed by atoms with van der Waals surface area (Å²) in [4.78, 5) is 16.8. The molecule has 4 aromatic rings. The molecule has 1 aliphatic heterocycles. The predicted octanol–water partition coefficient (Wildman–Crippen LogP) is 5.74. The molecule has 0 atom stereocenters. The highest BCUT2D eigenvalue weighted by atomic mass is 19.4. The van der Waals surface area contributed by atoms with Crippen molar-refractivity contribution in [3.63, 3.8) is 0 Å². The zero-order valence-corrected chi connectivity index (χ0v) is 19.5. The molecule has 0 spiro atoms. The highest BCUT2D eigenvalue weighted by molar-refractivity contribution is 5.89. The van der Waals surface area contributed by atoms with E-state index in [1.165, 1.54) is 18.2 Å². The summed E-state index contributed by atoms with van der Waals surface area (Å²) < 4.78 is 54.6. The number of hydrogen-bond donors (Lipinski definition) is 0. The fourth-order valence-corrected chi connectivity index (χ4v) is 4.75. The van der Waals surface area contributed by atoms with Gasteiger partial charge in [-0.25, -0.2) is 4.39 Å². The first-order valence-electron chi connectivity index (χ1n) is 11.8. The maximum Gasteiger partial charge on any atom is 0.416 e. The summed E-state index contributed by atoms with van der Waals surface area (Å²) in [5.41, 5.74) is 2.72. The number of rotatable bonds is 5. The third-order valence-electron chi connectivity index (χ3n) is 6.65. The molecule has 5 rings (SSSR count). The van der Waals surface area contributed by atoms with Crippen LogP contribution in [-0.2, 0) is 23.9 Å². The highest BCUT2D eigenvalue weighted by Crippen LogP contribution is 2.32. The van der Waals surface area contributed by atoms with Gasteiger partial charge in [0.15, 0.2) is 0 Å². The second-order valence-electron chi connectivity index (χ2n) is 9.02. The molecule has 1 aliphatic rings. The quantitative estimate of drug-likeness (QED) is 0.331. The molecule has 0 unspecified atom stereocenters. The molecule has 0 aliphatic carbocycles. The molecule has 1 fully saturated rings. The monoisotopic (exact) mass is 495 g/mol. The third kappa shape index (κ3) is 5.08. The van der Waals surface area contributed by atoms with Crippen molar-refractivity contribution >= 4 is 22.5 Å². The van der Waals surface area contributed by atoms with Gasteiger partial charge in [-0.2, -0.15) is 13.2 Å². The fourth-order valence-electron chi connectivity index (χ4n) is 4.75. The lowest BCUT2D eigenvalue weighted by atomic mass is 10.1. The van der Waals surface area contributed by atoms with Gasteiger partial charge in [0.1, 0.15) is 5.82 Å². The molecule has 1 saturated heterocycles. The lowest BCUT2D eigenvalue weighted by molar-refractivity contribution is -0.137. The van der Waals surface area contributed by atoms with Crippen LogP contribution in [0, 0.1) is 5.82 Å². The second-order valence-corrected chi connectivity index (χ2v) is 9.02. The zero-order valence-electron chi connectivity index (χ0n) is 19.5. The van der Waals surface area contributed by atoms with Gasteiger partial charge in [-0.15, -0.1) is 0 Å². The van der Waals surface area contributed by atoms with Gasteiger partial charge in [0.2, 0.25) is 5.91 Å². The molecule has 3 aromatic carbocycles. The van der Waals surface area contributed by atoms with Crippen molar-refractivity contribution in [3.05, 3.63) is 102 Å². The first-order valence-corrected chi connectivity index (χ1v) is 11.8. The number of fused-ring (bicyclic) bond motifs is 1. The molecular weight excluding hydrogens is 470 g/mol. The van der Waals surface area contributed by atoms with Gasteiger partial charge in [0.25, 0.3) is 0 Å². The number of piperazine rings is 1. The average Bonchev–Trinajstić information content (AvgIpc) is 3.22. The van der Waals surface area contributed by atoms with E-state index in [9.17, 15) is 22.4 Å². The molecule has 2 heterocycles. The SMILES string of the molecule is O=C(Cc1cn(Cc2ccc(F)cc2)c2ccccc12)N1CCN(c2cccc(C(F)(F)F)c2)CC1. The van der Waals surface area contributed by atoms with E-state index in [2.05, 4.69) is 4.57 Å². The summed E-state index contributed by atoms with van der Waals surface area (Å²) in [6.07, 6.45) is -2.17. The standard InChI is InChI=1S/C28H25F4N3O/c29-23-10-8-20(9-11-23)18-35-19-21(25-6-1-2-7-26(25)35)16-27(36)34-14-12-33(13-15-34)24-5-3-4-22(17-24)28(30,31)32/h1-11,17,19H,12-16,18H2. The van der Waals surface area contributed by atoms with E-state index in [-0.39, 0.29) is 18.1 Å². The number of carbonyl (C=O) groups is 1. The van der Waals surface area contributed by atoms with Crippen LogP contribution in [0.15, 0.2) is 79.0 Å². The Bertz CT molecular complexity index is 1370. The number of aromatic nitrogens is 1. The van der Waals surface area contributed by atoms with Crippen molar-refractivity contribution in [1.82, 2.24) is 9.47 Å². The van der Waals surface area contributed by atoms with Gasteiger partial charge in [-0.3, -0.25) is 4.79 Å². The van der Waals surface area contributed by atoms with Crippen molar-refractivity contribution in [2.75, 3.05) is 31.1 Å². The van der Waals surface area contributed by atoms with Crippen LogP contribution in [0.2, 0.25) is 0 Å². The van der Waals surface area contributed by atoms with Crippen LogP contribution in [0.4, 0.5) is 23.2 Å². The number of para-hydroxylation sites is 1. The summed E-state index contributed by atoms with van der Waals surface area (Å²) >= 11 is 0. The minimum absolute atomic E-state index is 0.0108. The van der Waals surface area contributed by atoms with Gasteiger partial charge >= 0.3 is 6.18 Å². The molecule has 0 saturated carbocycles. The fraction of sp³-hybridized carbons (Fsp3) is 0.250. The molecule has 8 heteroatoms. The number of benzene rings is 3. The van der Waals surface area contributed by atoms with Gasteiger partial charge in [0.05, 0.1) is 12.0 Å². The maximum absolute atomic E-state index is 13.3. The Morgan fingerprint density at radius 3 is 2.31 bits per heavy atom. The van der Waals surface area contributed by atoms with E-state index in [0.29, 0.717) is 38.4 Å². The predicted molar refractivity (Wildman–Crippen MR) is 131 cm³/mol. The second kappa shape index (κ2) is 9.68. The Labute approximate surface area is 206 Å². The van der Waals surface area contributed by atoms with Gasteiger partial charge in [-0.05, 0) is 47.5 Å². The molecule has 186 valence electrons. The first-order chi connectivity index (χ1) is 17.3. The van der Waals surface area contributed by atoms with E-state index in [1.54, 1.807) is 23.1 Å². The molecule has 0 N–H and O–H groups in total. The Kier molecular flexibility index (Phi) is 6.43. The number of nitrogens with zero attached hydrogens (tertiary/aromatic N) is 3. The van der Waals surface area contributed by atoms with Crippen LogP contribution in [0.3, 0.4) is 0 Å². The topological polar surface area (TPSA) is 28.5 Å². The Hall–Kier alpha value is -3.81. The van der Waals surface area contributed by atoms with Crippen LogP contribution in [0.5, 0.6) is 0 Å². The van der Waals surface area contributed by atoms with E-state index >= 15 is 0 Å². The molecule has 1 aromatic heterocycles. The molecule has 0 radical (unpaired) electrons. The number of carbonyl (C=O) groups excluding carboxylic acids is 1. The van der Waals surface area contributed by atoms with Crippen molar-refractivity contribution in [2.24, 2.45) is 0 Å². The van der Waals surface area contributed by atoms with E-state index in [4.69, 9.17) is 0 Å². The molecule has 36 heavy (non-hydrogen) atoms. The average molecular weight is 496 g/mol. The summed E-state index contributed by atoms with van der Waals surface area (Å²) in [6, 6.07) is 19.6. The van der Waals surface area contributed by atoms with Crippen molar-refractivity contribution < 1.29 is 22.4 Å².